The predicted octanol–water partition coefficient (Wildman–Crippen LogP) is 4.98. The van der Waals surface area contributed by atoms with Crippen molar-refractivity contribution in [2.75, 3.05) is 27.1 Å². The molecule has 1 heterocycles. The molecule has 3 rings (SSSR count). The Morgan fingerprint density at radius 3 is 2.71 bits per heavy atom. The van der Waals surface area contributed by atoms with Crippen molar-refractivity contribution < 1.29 is 28.2 Å². The van der Waals surface area contributed by atoms with Crippen molar-refractivity contribution in [3.05, 3.63) is 35.4 Å². The van der Waals surface area contributed by atoms with Crippen LogP contribution in [0.15, 0.2) is 23.2 Å². The molecular formula is C21H30F2N2O4SSi. The summed E-state index contributed by atoms with van der Waals surface area (Å²) in [4.78, 5) is 17.8. The van der Waals surface area contributed by atoms with Gasteiger partial charge in [0, 0.05) is 33.3 Å². The molecule has 0 bridgehead atoms. The van der Waals surface area contributed by atoms with E-state index >= 15 is 0 Å². The molecular weight excluding hydrogens is 442 g/mol. The third kappa shape index (κ3) is 4.97. The van der Waals surface area contributed by atoms with Gasteiger partial charge >= 0.3 is 6.09 Å². The molecule has 10 heteroatoms. The summed E-state index contributed by atoms with van der Waals surface area (Å²) >= 11 is 1.32. The number of benzene rings is 1. The third-order valence-electron chi connectivity index (χ3n) is 5.89. The molecule has 0 saturated heterocycles. The number of ether oxygens (including phenoxy) is 2. The van der Waals surface area contributed by atoms with Gasteiger partial charge in [-0.1, -0.05) is 43.5 Å². The van der Waals surface area contributed by atoms with E-state index in [0.717, 1.165) is 17.0 Å². The van der Waals surface area contributed by atoms with Crippen LogP contribution in [0.25, 0.3) is 0 Å². The molecule has 1 fully saturated rings. The van der Waals surface area contributed by atoms with E-state index in [1.165, 1.54) is 23.9 Å². The Morgan fingerprint density at radius 1 is 1.39 bits per heavy atom. The Morgan fingerprint density at radius 2 is 2.10 bits per heavy atom. The van der Waals surface area contributed by atoms with Crippen LogP contribution in [0.2, 0.25) is 25.7 Å². The highest BCUT2D eigenvalue weighted by molar-refractivity contribution is 8.15. The number of hydrogen-bond acceptors (Lipinski definition) is 5. The van der Waals surface area contributed by atoms with Gasteiger partial charge in [-0.3, -0.25) is 4.99 Å². The molecule has 1 aliphatic carbocycles. The number of halogens is 2. The first-order valence-corrected chi connectivity index (χ1v) is 14.8. The number of aliphatic imine (C=N–C) groups is 1. The highest BCUT2D eigenvalue weighted by Gasteiger charge is 2.67. The van der Waals surface area contributed by atoms with Crippen LogP contribution in [0.4, 0.5) is 13.6 Å². The number of rotatable bonds is 8. The lowest BCUT2D eigenvalue weighted by molar-refractivity contribution is 0.0701. The number of methoxy groups -OCH3 is 1. The molecule has 172 valence electrons. The SMILES string of the molecule is COC[C@]12C[C@H]1[C@@](C)(c1cccc(F)c1F)N=C(N(COCC[Si](C)(C)C)C(=O)O)S2. The summed E-state index contributed by atoms with van der Waals surface area (Å²) in [7, 11) is 0.252. The van der Waals surface area contributed by atoms with Gasteiger partial charge in [0.1, 0.15) is 6.73 Å². The lowest BCUT2D eigenvalue weighted by Gasteiger charge is -2.37. The topological polar surface area (TPSA) is 71.4 Å². The fourth-order valence-corrected chi connectivity index (χ4v) is 6.40. The second kappa shape index (κ2) is 8.80. The number of fused-ring (bicyclic) bond motifs is 1. The van der Waals surface area contributed by atoms with Crippen molar-refractivity contribution >= 4 is 31.1 Å². The van der Waals surface area contributed by atoms with Crippen LogP contribution in [0, 0.1) is 17.6 Å². The van der Waals surface area contributed by atoms with E-state index in [1.54, 1.807) is 14.0 Å². The minimum atomic E-state index is -1.32. The molecule has 0 spiro atoms. The van der Waals surface area contributed by atoms with E-state index in [9.17, 15) is 18.7 Å². The Hall–Kier alpha value is -1.49. The molecule has 1 aliphatic heterocycles. The van der Waals surface area contributed by atoms with Crippen molar-refractivity contribution in [2.24, 2.45) is 10.9 Å². The van der Waals surface area contributed by atoms with Crippen LogP contribution in [-0.2, 0) is 15.0 Å². The van der Waals surface area contributed by atoms with Gasteiger partial charge in [-0.2, -0.15) is 0 Å². The second-order valence-electron chi connectivity index (χ2n) is 9.56. The number of amides is 1. The zero-order chi connectivity index (χ0) is 23.0. The molecule has 0 unspecified atom stereocenters. The highest BCUT2D eigenvalue weighted by Crippen LogP contribution is 2.66. The highest BCUT2D eigenvalue weighted by atomic mass is 32.2. The fraction of sp³-hybridized carbons (Fsp3) is 0.619. The molecule has 3 atom stereocenters. The molecule has 1 aromatic carbocycles. The number of hydrogen-bond donors (Lipinski definition) is 1. The maximum Gasteiger partial charge on any atom is 0.415 e. The molecule has 1 saturated carbocycles. The summed E-state index contributed by atoms with van der Waals surface area (Å²) in [5, 5.41) is 10.1. The molecule has 1 N–H and O–H groups in total. The molecule has 0 aromatic heterocycles. The average Bonchev–Trinajstić information content (AvgIpc) is 3.38. The van der Waals surface area contributed by atoms with Gasteiger partial charge in [-0.25, -0.2) is 18.5 Å². The number of thioether (sulfide) groups is 1. The van der Waals surface area contributed by atoms with E-state index in [0.29, 0.717) is 19.6 Å². The minimum absolute atomic E-state index is 0.103. The molecule has 0 radical (unpaired) electrons. The first-order chi connectivity index (χ1) is 14.4. The quantitative estimate of drug-likeness (QED) is 0.328. The van der Waals surface area contributed by atoms with E-state index in [4.69, 9.17) is 9.47 Å². The minimum Gasteiger partial charge on any atom is -0.465 e. The summed E-state index contributed by atoms with van der Waals surface area (Å²) in [6.07, 6.45) is -0.539. The van der Waals surface area contributed by atoms with Gasteiger partial charge in [-0.15, -0.1) is 0 Å². The average molecular weight is 473 g/mol. The largest absolute Gasteiger partial charge is 0.465 e. The molecule has 1 aromatic rings. The summed E-state index contributed by atoms with van der Waals surface area (Å²) in [5.74, 6) is -2.00. The van der Waals surface area contributed by atoms with E-state index in [2.05, 4.69) is 24.6 Å². The summed E-state index contributed by atoms with van der Waals surface area (Å²) in [5.41, 5.74) is -0.990. The van der Waals surface area contributed by atoms with Crippen molar-refractivity contribution in [2.45, 2.75) is 49.3 Å². The Balaban J connectivity index is 1.93. The molecule has 6 nitrogen and oxygen atoms in total. The maximum absolute atomic E-state index is 14.7. The summed E-state index contributed by atoms with van der Waals surface area (Å²) in [6, 6.07) is 4.93. The summed E-state index contributed by atoms with van der Waals surface area (Å²) in [6.45, 7) is 9.03. The number of amidine groups is 1. The monoisotopic (exact) mass is 472 g/mol. The number of carboxylic acid groups (broad SMARTS) is 1. The van der Waals surface area contributed by atoms with E-state index < -0.39 is 36.1 Å². The van der Waals surface area contributed by atoms with Crippen molar-refractivity contribution in [3.63, 3.8) is 0 Å². The van der Waals surface area contributed by atoms with Crippen molar-refractivity contribution in [3.8, 4) is 0 Å². The van der Waals surface area contributed by atoms with Gasteiger partial charge in [0.25, 0.3) is 0 Å². The predicted molar refractivity (Wildman–Crippen MR) is 120 cm³/mol. The van der Waals surface area contributed by atoms with Crippen LogP contribution in [0.5, 0.6) is 0 Å². The zero-order valence-corrected chi connectivity index (χ0v) is 20.4. The van der Waals surface area contributed by atoms with Crippen LogP contribution in [0.1, 0.15) is 18.9 Å². The van der Waals surface area contributed by atoms with Crippen LogP contribution in [0.3, 0.4) is 0 Å². The summed E-state index contributed by atoms with van der Waals surface area (Å²) < 4.78 is 39.4. The molecule has 2 aliphatic rings. The van der Waals surface area contributed by atoms with Gasteiger partial charge in [-0.05, 0) is 25.5 Å². The second-order valence-corrected chi connectivity index (χ2v) is 16.6. The first-order valence-electron chi connectivity index (χ1n) is 10.2. The standard InChI is InChI=1S/C21H30F2N2O4SSi/c1-20(14-7-6-8-15(22)17(14)23)16-11-21(16,12-28-2)30-18(24-20)25(19(26)27)13-29-9-10-31(3,4)5/h6-8,16H,9-13H2,1-5H3,(H,26,27)/t16-,20+,21+/m0/s1. The van der Waals surface area contributed by atoms with Gasteiger partial charge in [0.2, 0.25) is 0 Å². The zero-order valence-electron chi connectivity index (χ0n) is 18.6. The number of carbonyl (C=O) groups is 1. The lowest BCUT2D eigenvalue weighted by Crippen LogP contribution is -2.44. The Bertz CT molecular complexity index is 881. The fourth-order valence-electron chi connectivity index (χ4n) is 4.01. The molecule has 1 amide bonds. The molecule has 31 heavy (non-hydrogen) atoms. The van der Waals surface area contributed by atoms with Gasteiger partial charge < -0.3 is 14.6 Å². The Kier molecular flexibility index (Phi) is 6.86. The normalized spacial score (nSPS) is 27.5. The maximum atomic E-state index is 14.7. The number of nitrogens with zero attached hydrogens (tertiary/aromatic N) is 2. The smallest absolute Gasteiger partial charge is 0.415 e. The lowest BCUT2D eigenvalue weighted by atomic mass is 9.85. The third-order valence-corrected chi connectivity index (χ3v) is 9.06. The van der Waals surface area contributed by atoms with Crippen LogP contribution in [-0.4, -0.2) is 61.1 Å². The van der Waals surface area contributed by atoms with Crippen LogP contribution >= 0.6 is 11.8 Å². The van der Waals surface area contributed by atoms with Gasteiger partial charge in [0.05, 0.1) is 16.9 Å². The van der Waals surface area contributed by atoms with Gasteiger partial charge in [0.15, 0.2) is 16.8 Å². The Labute approximate surface area is 187 Å². The van der Waals surface area contributed by atoms with E-state index in [1.807, 2.05) is 0 Å². The van der Waals surface area contributed by atoms with E-state index in [-0.39, 0.29) is 23.4 Å². The first kappa shape index (κ1) is 24.2. The van der Waals surface area contributed by atoms with Crippen molar-refractivity contribution in [1.29, 1.82) is 0 Å². The van der Waals surface area contributed by atoms with Crippen molar-refractivity contribution in [1.82, 2.24) is 4.90 Å². The van der Waals surface area contributed by atoms with Crippen LogP contribution < -0.4 is 0 Å².